The number of hydrogen-bond donors (Lipinski definition) is 1. The van der Waals surface area contributed by atoms with Gasteiger partial charge in [-0.2, -0.15) is 10.1 Å². The fraction of sp³-hybridized carbons (Fsp3) is 0.143. The number of halogens is 2. The molecule has 0 saturated carbocycles. The van der Waals surface area contributed by atoms with Crippen molar-refractivity contribution in [3.8, 4) is 17.1 Å². The van der Waals surface area contributed by atoms with Crippen LogP contribution in [0, 0.1) is 26.6 Å². The maximum atomic E-state index is 14.1. The first kappa shape index (κ1) is 20.0. The predicted octanol–water partition coefficient (Wildman–Crippen LogP) is 5.00. The second-order valence-electron chi connectivity index (χ2n) is 6.79. The van der Waals surface area contributed by atoms with E-state index >= 15 is 0 Å². The van der Waals surface area contributed by atoms with E-state index in [1.54, 1.807) is 30.8 Å². The number of amides is 1. The van der Waals surface area contributed by atoms with Gasteiger partial charge < -0.3 is 9.84 Å². The van der Waals surface area contributed by atoms with Gasteiger partial charge in [-0.3, -0.25) is 4.79 Å². The molecule has 7 nitrogen and oxygen atoms in total. The third-order valence-electron chi connectivity index (χ3n) is 4.56. The molecule has 0 spiro atoms. The number of carbonyl (C=O) groups is 1. The fourth-order valence-electron chi connectivity index (χ4n) is 3.00. The Labute approximate surface area is 180 Å². The smallest absolute Gasteiger partial charge is 0.259 e. The average Bonchev–Trinajstić information content (AvgIpc) is 3.30. The summed E-state index contributed by atoms with van der Waals surface area (Å²) in [6.07, 6.45) is 1.62. The van der Waals surface area contributed by atoms with Crippen molar-refractivity contribution in [2.24, 2.45) is 0 Å². The molecule has 0 aliphatic rings. The molecule has 0 unspecified atom stereocenters. The van der Waals surface area contributed by atoms with Crippen LogP contribution in [0.15, 0.2) is 51.6 Å². The SMILES string of the molecule is Cc1nc(-c2ccc(C)c(-n3cc(C(=O)Nc4ccc(Br)cc4F)c(C)n3)c2)no1. The predicted molar refractivity (Wildman–Crippen MR) is 113 cm³/mol. The molecule has 4 aromatic rings. The standard InChI is InChI=1S/C21H17BrFN5O2/c1-11-4-5-14(20-24-13(3)30-27-20)8-19(11)28-10-16(12(2)26-28)21(29)25-18-7-6-15(22)9-17(18)23/h4-10H,1-3H3,(H,25,29). The molecule has 0 radical (unpaired) electrons. The Kier molecular flexibility index (Phi) is 5.21. The summed E-state index contributed by atoms with van der Waals surface area (Å²) in [4.78, 5) is 17.0. The molecule has 2 aromatic heterocycles. The minimum atomic E-state index is -0.526. The summed E-state index contributed by atoms with van der Waals surface area (Å²) in [5, 5.41) is 11.0. The van der Waals surface area contributed by atoms with Crippen LogP contribution in [0.2, 0.25) is 0 Å². The Morgan fingerprint density at radius 1 is 1.17 bits per heavy atom. The van der Waals surface area contributed by atoms with Gasteiger partial charge in [0.2, 0.25) is 11.7 Å². The first-order valence-electron chi connectivity index (χ1n) is 9.06. The highest BCUT2D eigenvalue weighted by Crippen LogP contribution is 2.24. The molecule has 0 aliphatic heterocycles. The van der Waals surface area contributed by atoms with Crippen LogP contribution >= 0.6 is 15.9 Å². The zero-order valence-electron chi connectivity index (χ0n) is 16.4. The molecule has 0 fully saturated rings. The maximum Gasteiger partial charge on any atom is 0.259 e. The highest BCUT2D eigenvalue weighted by molar-refractivity contribution is 9.10. The first-order valence-corrected chi connectivity index (χ1v) is 9.85. The van der Waals surface area contributed by atoms with Gasteiger partial charge >= 0.3 is 0 Å². The highest BCUT2D eigenvalue weighted by atomic mass is 79.9. The van der Waals surface area contributed by atoms with Gasteiger partial charge in [-0.15, -0.1) is 0 Å². The summed E-state index contributed by atoms with van der Waals surface area (Å²) < 4.78 is 21.3. The third-order valence-corrected chi connectivity index (χ3v) is 5.06. The number of carbonyl (C=O) groups excluding carboxylic acids is 1. The Bertz CT molecular complexity index is 1260. The lowest BCUT2D eigenvalue weighted by Gasteiger charge is -2.07. The Morgan fingerprint density at radius 3 is 2.67 bits per heavy atom. The number of aryl methyl sites for hydroxylation is 3. The first-order chi connectivity index (χ1) is 14.3. The van der Waals surface area contributed by atoms with E-state index in [-0.39, 0.29) is 5.69 Å². The van der Waals surface area contributed by atoms with Crippen LogP contribution in [0.25, 0.3) is 17.1 Å². The zero-order chi connectivity index (χ0) is 21.4. The summed E-state index contributed by atoms with van der Waals surface area (Å²) >= 11 is 3.20. The molecule has 4 rings (SSSR count). The number of anilines is 1. The summed E-state index contributed by atoms with van der Waals surface area (Å²) in [7, 11) is 0. The van der Waals surface area contributed by atoms with Gasteiger partial charge in [-0.1, -0.05) is 33.2 Å². The fourth-order valence-corrected chi connectivity index (χ4v) is 3.33. The molecule has 1 N–H and O–H groups in total. The van der Waals surface area contributed by atoms with Gasteiger partial charge in [-0.05, 0) is 43.7 Å². The topological polar surface area (TPSA) is 85.8 Å². The Hall–Kier alpha value is -3.33. The van der Waals surface area contributed by atoms with Gasteiger partial charge in [0.05, 0.1) is 22.6 Å². The van der Waals surface area contributed by atoms with Crippen LogP contribution in [-0.4, -0.2) is 25.8 Å². The van der Waals surface area contributed by atoms with E-state index in [1.165, 1.54) is 12.1 Å². The third kappa shape index (κ3) is 3.88. The normalized spacial score (nSPS) is 11.0. The van der Waals surface area contributed by atoms with Crippen LogP contribution in [-0.2, 0) is 0 Å². The van der Waals surface area contributed by atoms with Crippen molar-refractivity contribution in [1.29, 1.82) is 0 Å². The van der Waals surface area contributed by atoms with Crippen molar-refractivity contribution < 1.29 is 13.7 Å². The van der Waals surface area contributed by atoms with E-state index in [2.05, 4.69) is 36.5 Å². The summed E-state index contributed by atoms with van der Waals surface area (Å²) in [6, 6.07) is 10.1. The van der Waals surface area contributed by atoms with E-state index < -0.39 is 11.7 Å². The number of rotatable bonds is 4. The van der Waals surface area contributed by atoms with Crippen molar-refractivity contribution >= 4 is 27.5 Å². The Morgan fingerprint density at radius 2 is 1.97 bits per heavy atom. The number of nitrogens with one attached hydrogen (secondary N) is 1. The monoisotopic (exact) mass is 469 g/mol. The summed E-state index contributed by atoms with van der Waals surface area (Å²) in [5.41, 5.74) is 3.45. The van der Waals surface area contributed by atoms with Crippen LogP contribution in [0.3, 0.4) is 0 Å². The summed E-state index contributed by atoms with van der Waals surface area (Å²) in [5.74, 6) is -0.0215. The summed E-state index contributed by atoms with van der Waals surface area (Å²) in [6.45, 7) is 5.39. The van der Waals surface area contributed by atoms with E-state index in [9.17, 15) is 9.18 Å². The van der Waals surface area contributed by atoms with Crippen molar-refractivity contribution in [1.82, 2.24) is 19.9 Å². The molecule has 0 bridgehead atoms. The van der Waals surface area contributed by atoms with Crippen molar-refractivity contribution in [2.75, 3.05) is 5.32 Å². The number of benzene rings is 2. The molecule has 152 valence electrons. The molecule has 2 heterocycles. The minimum Gasteiger partial charge on any atom is -0.339 e. The lowest BCUT2D eigenvalue weighted by Crippen LogP contribution is -2.13. The van der Waals surface area contributed by atoms with Gasteiger partial charge in [0.1, 0.15) is 5.82 Å². The molecule has 0 aliphatic carbocycles. The van der Waals surface area contributed by atoms with E-state index in [4.69, 9.17) is 4.52 Å². The maximum absolute atomic E-state index is 14.1. The van der Waals surface area contributed by atoms with E-state index in [0.717, 1.165) is 16.8 Å². The highest BCUT2D eigenvalue weighted by Gasteiger charge is 2.17. The van der Waals surface area contributed by atoms with Crippen LogP contribution in [0.4, 0.5) is 10.1 Å². The number of aromatic nitrogens is 4. The van der Waals surface area contributed by atoms with Gasteiger partial charge in [0, 0.05) is 23.2 Å². The number of nitrogens with zero attached hydrogens (tertiary/aromatic N) is 4. The molecular weight excluding hydrogens is 453 g/mol. The zero-order valence-corrected chi connectivity index (χ0v) is 18.0. The quantitative estimate of drug-likeness (QED) is 0.454. The molecule has 0 saturated heterocycles. The minimum absolute atomic E-state index is 0.0982. The Balaban J connectivity index is 1.66. The molecule has 1 amide bonds. The molecule has 9 heteroatoms. The van der Waals surface area contributed by atoms with Crippen LogP contribution in [0.5, 0.6) is 0 Å². The van der Waals surface area contributed by atoms with Gasteiger partial charge in [0.15, 0.2) is 0 Å². The lowest BCUT2D eigenvalue weighted by atomic mass is 10.1. The molecular formula is C21H17BrFN5O2. The van der Waals surface area contributed by atoms with Gasteiger partial charge in [0.25, 0.3) is 5.91 Å². The second-order valence-corrected chi connectivity index (χ2v) is 7.70. The van der Waals surface area contributed by atoms with Gasteiger partial charge in [-0.25, -0.2) is 9.07 Å². The molecule has 30 heavy (non-hydrogen) atoms. The van der Waals surface area contributed by atoms with Crippen molar-refractivity contribution in [3.63, 3.8) is 0 Å². The van der Waals surface area contributed by atoms with Crippen LogP contribution in [0.1, 0.15) is 27.5 Å². The largest absolute Gasteiger partial charge is 0.339 e. The number of hydrogen-bond acceptors (Lipinski definition) is 5. The second kappa shape index (κ2) is 7.83. The van der Waals surface area contributed by atoms with Crippen LogP contribution < -0.4 is 5.32 Å². The average molecular weight is 470 g/mol. The van der Waals surface area contributed by atoms with E-state index in [1.807, 2.05) is 25.1 Å². The molecule has 2 aromatic carbocycles. The molecule has 0 atom stereocenters. The van der Waals surface area contributed by atoms with Crippen molar-refractivity contribution in [2.45, 2.75) is 20.8 Å². The van der Waals surface area contributed by atoms with Crippen molar-refractivity contribution in [3.05, 3.63) is 75.6 Å². The lowest BCUT2D eigenvalue weighted by molar-refractivity contribution is 0.102. The van der Waals surface area contributed by atoms with E-state index in [0.29, 0.717) is 27.4 Å².